The minimum Gasteiger partial charge on any atom is -0.508 e. The molecular formula is C14H12BrNO3. The fourth-order valence-corrected chi connectivity index (χ4v) is 2.24. The molecule has 0 heterocycles. The van der Waals surface area contributed by atoms with Gasteiger partial charge >= 0.3 is 0 Å². The quantitative estimate of drug-likeness (QED) is 0.461. The van der Waals surface area contributed by atoms with Crippen molar-refractivity contribution in [2.24, 2.45) is 5.16 Å². The third-order valence-electron chi connectivity index (χ3n) is 2.67. The lowest BCUT2D eigenvalue weighted by Crippen LogP contribution is -2.05. The summed E-state index contributed by atoms with van der Waals surface area (Å²) in [5.41, 5.74) is 1.66. The molecule has 0 atom stereocenters. The zero-order valence-corrected chi connectivity index (χ0v) is 11.5. The molecule has 0 radical (unpaired) electrons. The Labute approximate surface area is 118 Å². The summed E-state index contributed by atoms with van der Waals surface area (Å²) in [4.78, 5) is 0. The van der Waals surface area contributed by atoms with Crippen molar-refractivity contribution >= 4 is 21.6 Å². The van der Waals surface area contributed by atoms with Gasteiger partial charge in [-0.15, -0.1) is 0 Å². The van der Waals surface area contributed by atoms with E-state index in [1.807, 2.05) is 24.3 Å². The van der Waals surface area contributed by atoms with E-state index < -0.39 is 0 Å². The highest BCUT2D eigenvalue weighted by molar-refractivity contribution is 9.10. The Hall–Kier alpha value is -2.01. The average molecular weight is 322 g/mol. The normalized spacial score (nSPS) is 11.5. The lowest BCUT2D eigenvalue weighted by Gasteiger charge is -2.08. The van der Waals surface area contributed by atoms with Crippen LogP contribution in [0.2, 0.25) is 0 Å². The Kier molecular flexibility index (Phi) is 4.06. The predicted octanol–water partition coefficient (Wildman–Crippen LogP) is 3.28. The molecule has 0 amide bonds. The van der Waals surface area contributed by atoms with Gasteiger partial charge in [-0.3, -0.25) is 0 Å². The summed E-state index contributed by atoms with van der Waals surface area (Å²) in [6.07, 6.45) is 0.369. The predicted molar refractivity (Wildman–Crippen MR) is 75.9 cm³/mol. The van der Waals surface area contributed by atoms with Gasteiger partial charge in [0.05, 0.1) is 5.71 Å². The smallest absolute Gasteiger partial charge is 0.128 e. The van der Waals surface area contributed by atoms with Gasteiger partial charge in [0.2, 0.25) is 0 Å². The molecule has 2 aromatic rings. The number of rotatable bonds is 3. The van der Waals surface area contributed by atoms with E-state index in [1.165, 1.54) is 18.2 Å². The van der Waals surface area contributed by atoms with E-state index in [0.717, 1.165) is 10.0 Å². The second-order valence-corrected chi connectivity index (χ2v) is 4.97. The van der Waals surface area contributed by atoms with Crippen LogP contribution >= 0.6 is 15.9 Å². The highest BCUT2D eigenvalue weighted by Crippen LogP contribution is 2.24. The topological polar surface area (TPSA) is 73.1 Å². The van der Waals surface area contributed by atoms with Crippen LogP contribution in [0.4, 0.5) is 0 Å². The number of oxime groups is 1. The Morgan fingerprint density at radius 2 is 1.89 bits per heavy atom. The summed E-state index contributed by atoms with van der Waals surface area (Å²) in [6, 6.07) is 11.7. The van der Waals surface area contributed by atoms with Crippen molar-refractivity contribution in [3.63, 3.8) is 0 Å². The van der Waals surface area contributed by atoms with Gasteiger partial charge in [-0.25, -0.2) is 0 Å². The summed E-state index contributed by atoms with van der Waals surface area (Å²) < 4.78 is 0.928. The maximum atomic E-state index is 9.76. The largest absolute Gasteiger partial charge is 0.508 e. The number of benzene rings is 2. The van der Waals surface area contributed by atoms with Crippen LogP contribution in [-0.4, -0.2) is 21.1 Å². The number of hydrogen-bond acceptors (Lipinski definition) is 4. The summed E-state index contributed by atoms with van der Waals surface area (Å²) in [7, 11) is 0. The molecule has 0 saturated heterocycles. The van der Waals surface area contributed by atoms with Crippen LogP contribution in [0, 0.1) is 0 Å². The molecule has 0 unspecified atom stereocenters. The molecule has 0 aliphatic rings. The Morgan fingerprint density at radius 3 is 2.53 bits per heavy atom. The summed E-state index contributed by atoms with van der Waals surface area (Å²) in [6.45, 7) is 0. The van der Waals surface area contributed by atoms with Gasteiger partial charge in [0.25, 0.3) is 0 Å². The van der Waals surface area contributed by atoms with Crippen molar-refractivity contribution in [3.05, 3.63) is 58.1 Å². The third kappa shape index (κ3) is 3.26. The van der Waals surface area contributed by atoms with Crippen LogP contribution in [0.1, 0.15) is 11.1 Å². The van der Waals surface area contributed by atoms with E-state index in [0.29, 0.717) is 17.7 Å². The molecular weight excluding hydrogens is 310 g/mol. The van der Waals surface area contributed by atoms with Gasteiger partial charge in [-0.1, -0.05) is 33.2 Å². The maximum absolute atomic E-state index is 9.76. The molecule has 0 aromatic heterocycles. The van der Waals surface area contributed by atoms with E-state index >= 15 is 0 Å². The molecule has 3 N–H and O–H groups in total. The van der Waals surface area contributed by atoms with E-state index in [2.05, 4.69) is 21.1 Å². The van der Waals surface area contributed by atoms with Crippen LogP contribution in [0.15, 0.2) is 52.1 Å². The minimum atomic E-state index is -0.122. The SMILES string of the molecule is O/N=C(\Cc1cccc(Br)c1)c1ccc(O)cc1O. The van der Waals surface area contributed by atoms with Crippen molar-refractivity contribution < 1.29 is 15.4 Å². The summed E-state index contributed by atoms with van der Waals surface area (Å²) >= 11 is 3.37. The molecule has 0 aliphatic carbocycles. The van der Waals surface area contributed by atoms with Crippen molar-refractivity contribution in [2.45, 2.75) is 6.42 Å². The fourth-order valence-electron chi connectivity index (χ4n) is 1.79. The first-order chi connectivity index (χ1) is 9.10. The van der Waals surface area contributed by atoms with Crippen LogP contribution in [-0.2, 0) is 6.42 Å². The van der Waals surface area contributed by atoms with E-state index in [-0.39, 0.29) is 11.5 Å². The first kappa shape index (κ1) is 13.4. The Bertz CT molecular complexity index is 626. The van der Waals surface area contributed by atoms with Gasteiger partial charge < -0.3 is 15.4 Å². The van der Waals surface area contributed by atoms with Gasteiger partial charge in [0.15, 0.2) is 0 Å². The minimum absolute atomic E-state index is 0.0407. The number of hydrogen-bond donors (Lipinski definition) is 3. The molecule has 0 aliphatic heterocycles. The third-order valence-corrected chi connectivity index (χ3v) is 3.17. The first-order valence-corrected chi connectivity index (χ1v) is 6.37. The van der Waals surface area contributed by atoms with E-state index in [4.69, 9.17) is 5.21 Å². The van der Waals surface area contributed by atoms with Crippen LogP contribution in [0.3, 0.4) is 0 Å². The summed E-state index contributed by atoms with van der Waals surface area (Å²) in [5, 5.41) is 31.4. The Balaban J connectivity index is 2.31. The summed E-state index contributed by atoms with van der Waals surface area (Å²) in [5.74, 6) is -0.163. The van der Waals surface area contributed by atoms with Crippen LogP contribution in [0.25, 0.3) is 0 Å². The van der Waals surface area contributed by atoms with Gasteiger partial charge in [-0.2, -0.15) is 0 Å². The molecule has 0 spiro atoms. The number of phenolic OH excluding ortho intramolecular Hbond substituents is 2. The van der Waals surface area contributed by atoms with Crippen molar-refractivity contribution in [2.75, 3.05) is 0 Å². The highest BCUT2D eigenvalue weighted by Gasteiger charge is 2.11. The van der Waals surface area contributed by atoms with E-state index in [9.17, 15) is 10.2 Å². The number of aromatic hydroxyl groups is 2. The molecule has 19 heavy (non-hydrogen) atoms. The van der Waals surface area contributed by atoms with E-state index in [1.54, 1.807) is 0 Å². The molecule has 4 nitrogen and oxygen atoms in total. The molecule has 5 heteroatoms. The van der Waals surface area contributed by atoms with Crippen molar-refractivity contribution in [1.82, 2.24) is 0 Å². The molecule has 98 valence electrons. The molecule has 2 aromatic carbocycles. The number of phenols is 2. The average Bonchev–Trinajstić information content (AvgIpc) is 2.37. The second kappa shape index (κ2) is 5.75. The van der Waals surface area contributed by atoms with Crippen LogP contribution in [0.5, 0.6) is 11.5 Å². The van der Waals surface area contributed by atoms with Gasteiger partial charge in [-0.05, 0) is 29.8 Å². The highest BCUT2D eigenvalue weighted by atomic mass is 79.9. The number of nitrogens with zero attached hydrogens (tertiary/aromatic N) is 1. The number of halogens is 1. The van der Waals surface area contributed by atoms with Gasteiger partial charge in [0.1, 0.15) is 11.5 Å². The van der Waals surface area contributed by atoms with Crippen LogP contribution < -0.4 is 0 Å². The fraction of sp³-hybridized carbons (Fsp3) is 0.0714. The van der Waals surface area contributed by atoms with Gasteiger partial charge in [0, 0.05) is 22.5 Å². The zero-order valence-electron chi connectivity index (χ0n) is 9.92. The standard InChI is InChI=1S/C14H12BrNO3/c15-10-3-1-2-9(6-10)7-13(16-19)12-5-4-11(17)8-14(12)18/h1-6,8,17-19H,7H2/b16-13+. The zero-order chi connectivity index (χ0) is 13.8. The molecule has 2 rings (SSSR count). The molecule has 0 fully saturated rings. The molecule has 0 bridgehead atoms. The van der Waals surface area contributed by atoms with Crippen molar-refractivity contribution in [1.29, 1.82) is 0 Å². The second-order valence-electron chi connectivity index (χ2n) is 4.05. The Morgan fingerprint density at radius 1 is 1.11 bits per heavy atom. The first-order valence-electron chi connectivity index (χ1n) is 5.58. The lowest BCUT2D eigenvalue weighted by molar-refractivity contribution is 0.318. The monoisotopic (exact) mass is 321 g/mol. The van der Waals surface area contributed by atoms with Crippen molar-refractivity contribution in [3.8, 4) is 11.5 Å². The lowest BCUT2D eigenvalue weighted by atomic mass is 10.0. The maximum Gasteiger partial charge on any atom is 0.128 e. The molecule has 0 saturated carbocycles.